The predicted octanol–water partition coefficient (Wildman–Crippen LogP) is 2.20. The molecule has 0 aliphatic heterocycles. The van der Waals surface area contributed by atoms with Gasteiger partial charge in [-0.05, 0) is 50.1 Å². The summed E-state index contributed by atoms with van der Waals surface area (Å²) in [6.07, 6.45) is 2.01. The number of benzene rings is 1. The summed E-state index contributed by atoms with van der Waals surface area (Å²) in [5, 5.41) is 2.66. The molecule has 3 N–H and O–H groups in total. The molecule has 0 spiro atoms. The van der Waals surface area contributed by atoms with E-state index in [2.05, 4.69) is 5.32 Å². The van der Waals surface area contributed by atoms with Gasteiger partial charge in [0.2, 0.25) is 5.91 Å². The molecular weight excluding hydrogens is 207 g/mol. The van der Waals surface area contributed by atoms with Gasteiger partial charge in [0.05, 0.1) is 0 Å². The molecule has 16 heavy (non-hydrogen) atoms. The summed E-state index contributed by atoms with van der Waals surface area (Å²) in [6.45, 7) is 2.37. The molecule has 0 atom stereocenters. The summed E-state index contributed by atoms with van der Waals surface area (Å²) >= 11 is 0. The Morgan fingerprint density at radius 2 is 2.12 bits per heavy atom. The molecular formula is C12H17FN2O. The van der Waals surface area contributed by atoms with Gasteiger partial charge < -0.3 is 11.1 Å². The summed E-state index contributed by atoms with van der Waals surface area (Å²) in [5.74, 6) is -0.435. The van der Waals surface area contributed by atoms with Crippen molar-refractivity contribution in [3.63, 3.8) is 0 Å². The van der Waals surface area contributed by atoms with E-state index in [9.17, 15) is 9.18 Å². The molecule has 88 valence electrons. The Kier molecular flexibility index (Phi) is 4.92. The number of unbranched alkanes of at least 4 members (excludes halogenated alkanes) is 1. The third kappa shape index (κ3) is 4.40. The van der Waals surface area contributed by atoms with Crippen molar-refractivity contribution in [3.05, 3.63) is 29.6 Å². The van der Waals surface area contributed by atoms with Crippen molar-refractivity contribution in [3.8, 4) is 0 Å². The zero-order valence-electron chi connectivity index (χ0n) is 9.42. The first-order valence-electron chi connectivity index (χ1n) is 5.39. The largest absolute Gasteiger partial charge is 0.330 e. The Morgan fingerprint density at radius 1 is 1.38 bits per heavy atom. The third-order valence-electron chi connectivity index (χ3n) is 2.18. The minimum absolute atomic E-state index is 0.0987. The van der Waals surface area contributed by atoms with Gasteiger partial charge in [0, 0.05) is 12.1 Å². The number of aryl methyl sites for hydroxylation is 1. The van der Waals surface area contributed by atoms with Crippen LogP contribution >= 0.6 is 0 Å². The minimum atomic E-state index is -0.336. The SMILES string of the molecule is Cc1cc(F)cc(NC(=O)CCCCN)c1. The number of amides is 1. The average Bonchev–Trinajstić information content (AvgIpc) is 2.16. The van der Waals surface area contributed by atoms with Crippen LogP contribution in [0.3, 0.4) is 0 Å². The number of hydrogen-bond acceptors (Lipinski definition) is 2. The second-order valence-electron chi connectivity index (χ2n) is 3.81. The molecule has 4 heteroatoms. The summed E-state index contributed by atoms with van der Waals surface area (Å²) in [6, 6.07) is 4.47. The molecule has 1 rings (SSSR count). The van der Waals surface area contributed by atoms with E-state index < -0.39 is 0 Å². The highest BCUT2D eigenvalue weighted by Crippen LogP contribution is 2.13. The van der Waals surface area contributed by atoms with Crippen LogP contribution in [0.5, 0.6) is 0 Å². The average molecular weight is 224 g/mol. The Labute approximate surface area is 94.8 Å². The number of anilines is 1. The molecule has 0 unspecified atom stereocenters. The number of carbonyl (C=O) groups excluding carboxylic acids is 1. The number of rotatable bonds is 5. The third-order valence-corrected chi connectivity index (χ3v) is 2.18. The number of carbonyl (C=O) groups is 1. The molecule has 0 fully saturated rings. The van der Waals surface area contributed by atoms with Gasteiger partial charge in [-0.3, -0.25) is 4.79 Å². The van der Waals surface area contributed by atoms with E-state index in [-0.39, 0.29) is 11.7 Å². The maximum Gasteiger partial charge on any atom is 0.224 e. The summed E-state index contributed by atoms with van der Waals surface area (Å²) in [4.78, 5) is 11.4. The van der Waals surface area contributed by atoms with Crippen molar-refractivity contribution < 1.29 is 9.18 Å². The fourth-order valence-electron chi connectivity index (χ4n) is 1.46. The van der Waals surface area contributed by atoms with Crippen molar-refractivity contribution in [2.75, 3.05) is 11.9 Å². The molecule has 0 radical (unpaired) electrons. The molecule has 0 heterocycles. The van der Waals surface area contributed by atoms with Crippen LogP contribution in [0, 0.1) is 12.7 Å². The molecule has 0 bridgehead atoms. The standard InChI is InChI=1S/C12H17FN2O/c1-9-6-10(13)8-11(7-9)15-12(16)4-2-3-5-14/h6-8H,2-5,14H2,1H3,(H,15,16). The molecule has 0 saturated carbocycles. The van der Waals surface area contributed by atoms with Crippen LogP contribution in [0.25, 0.3) is 0 Å². The lowest BCUT2D eigenvalue weighted by molar-refractivity contribution is -0.116. The van der Waals surface area contributed by atoms with Gasteiger partial charge >= 0.3 is 0 Å². The topological polar surface area (TPSA) is 55.1 Å². The summed E-state index contributed by atoms with van der Waals surface area (Å²) < 4.78 is 13.0. The first kappa shape index (κ1) is 12.6. The zero-order chi connectivity index (χ0) is 12.0. The van der Waals surface area contributed by atoms with Crippen LogP contribution in [-0.2, 0) is 4.79 Å². The van der Waals surface area contributed by atoms with E-state index in [1.54, 1.807) is 13.0 Å². The van der Waals surface area contributed by atoms with Crippen molar-refractivity contribution in [2.45, 2.75) is 26.2 Å². The van der Waals surface area contributed by atoms with Crippen LogP contribution < -0.4 is 11.1 Å². The second-order valence-corrected chi connectivity index (χ2v) is 3.81. The van der Waals surface area contributed by atoms with Gasteiger partial charge in [-0.15, -0.1) is 0 Å². The van der Waals surface area contributed by atoms with E-state index in [1.165, 1.54) is 12.1 Å². The Balaban J connectivity index is 2.49. The number of nitrogens with one attached hydrogen (secondary N) is 1. The van der Waals surface area contributed by atoms with Crippen LogP contribution in [0.15, 0.2) is 18.2 Å². The van der Waals surface area contributed by atoms with Gasteiger partial charge in [-0.1, -0.05) is 0 Å². The number of hydrogen-bond donors (Lipinski definition) is 2. The Hall–Kier alpha value is -1.42. The van der Waals surface area contributed by atoms with Gasteiger partial charge in [-0.25, -0.2) is 4.39 Å². The van der Waals surface area contributed by atoms with E-state index in [1.807, 2.05) is 0 Å². The number of halogens is 1. The van der Waals surface area contributed by atoms with E-state index in [0.717, 1.165) is 18.4 Å². The highest BCUT2D eigenvalue weighted by atomic mass is 19.1. The molecule has 0 saturated heterocycles. The van der Waals surface area contributed by atoms with Gasteiger partial charge in [0.1, 0.15) is 5.82 Å². The quantitative estimate of drug-likeness (QED) is 0.753. The fraction of sp³-hybridized carbons (Fsp3) is 0.417. The van der Waals surface area contributed by atoms with Crippen LogP contribution in [0.4, 0.5) is 10.1 Å². The molecule has 0 aliphatic carbocycles. The van der Waals surface area contributed by atoms with Crippen LogP contribution in [0.1, 0.15) is 24.8 Å². The first-order chi connectivity index (χ1) is 7.61. The van der Waals surface area contributed by atoms with E-state index in [0.29, 0.717) is 18.7 Å². The molecule has 0 aromatic heterocycles. The normalized spacial score (nSPS) is 10.2. The van der Waals surface area contributed by atoms with Gasteiger partial charge in [0.15, 0.2) is 0 Å². The highest BCUT2D eigenvalue weighted by Gasteiger charge is 2.03. The lowest BCUT2D eigenvalue weighted by Crippen LogP contribution is -2.12. The predicted molar refractivity (Wildman–Crippen MR) is 62.7 cm³/mol. The lowest BCUT2D eigenvalue weighted by Gasteiger charge is -2.06. The van der Waals surface area contributed by atoms with Crippen molar-refractivity contribution >= 4 is 11.6 Å². The summed E-state index contributed by atoms with van der Waals surface area (Å²) in [5.41, 5.74) is 6.62. The molecule has 1 aromatic rings. The number of nitrogens with two attached hydrogens (primary N) is 1. The smallest absolute Gasteiger partial charge is 0.224 e. The van der Waals surface area contributed by atoms with E-state index >= 15 is 0 Å². The molecule has 1 amide bonds. The van der Waals surface area contributed by atoms with Crippen molar-refractivity contribution in [2.24, 2.45) is 5.73 Å². The lowest BCUT2D eigenvalue weighted by atomic mass is 10.2. The first-order valence-corrected chi connectivity index (χ1v) is 5.39. The maximum absolute atomic E-state index is 13.0. The monoisotopic (exact) mass is 224 g/mol. The van der Waals surface area contributed by atoms with Gasteiger partial charge in [-0.2, -0.15) is 0 Å². The highest BCUT2D eigenvalue weighted by molar-refractivity contribution is 5.90. The Bertz CT molecular complexity index is 346. The second kappa shape index (κ2) is 6.23. The van der Waals surface area contributed by atoms with Crippen LogP contribution in [-0.4, -0.2) is 12.5 Å². The fourth-order valence-corrected chi connectivity index (χ4v) is 1.46. The van der Waals surface area contributed by atoms with Crippen LogP contribution in [0.2, 0.25) is 0 Å². The zero-order valence-corrected chi connectivity index (χ0v) is 9.42. The molecule has 0 aliphatic rings. The summed E-state index contributed by atoms with van der Waals surface area (Å²) in [7, 11) is 0. The molecule has 1 aromatic carbocycles. The molecule has 3 nitrogen and oxygen atoms in total. The van der Waals surface area contributed by atoms with Crippen molar-refractivity contribution in [1.82, 2.24) is 0 Å². The minimum Gasteiger partial charge on any atom is -0.330 e. The van der Waals surface area contributed by atoms with E-state index in [4.69, 9.17) is 5.73 Å². The van der Waals surface area contributed by atoms with Crippen molar-refractivity contribution in [1.29, 1.82) is 0 Å². The Morgan fingerprint density at radius 3 is 2.75 bits per heavy atom. The maximum atomic E-state index is 13.0. The van der Waals surface area contributed by atoms with Gasteiger partial charge in [0.25, 0.3) is 0 Å².